The first-order valence-electron chi connectivity index (χ1n) is 8.97. The van der Waals surface area contributed by atoms with E-state index in [2.05, 4.69) is 29.1 Å². The molecule has 3 heterocycles. The van der Waals surface area contributed by atoms with Crippen molar-refractivity contribution in [1.29, 1.82) is 0 Å². The van der Waals surface area contributed by atoms with Gasteiger partial charge in [-0.1, -0.05) is 0 Å². The molecule has 0 aliphatic carbocycles. The van der Waals surface area contributed by atoms with Gasteiger partial charge in [0.05, 0.1) is 5.69 Å². The number of rotatable bonds is 1. The highest BCUT2D eigenvalue weighted by Crippen LogP contribution is 2.29. The quantitative estimate of drug-likeness (QED) is 0.519. The highest BCUT2D eigenvalue weighted by molar-refractivity contribution is 5.21. The summed E-state index contributed by atoms with van der Waals surface area (Å²) in [4.78, 5) is 0. The fraction of sp³-hybridized carbons (Fsp3) is 0.526. The van der Waals surface area contributed by atoms with Gasteiger partial charge in [-0.2, -0.15) is 28.5 Å². The molecule has 0 aromatic carbocycles. The molecule has 0 radical (unpaired) electrons. The number of hydrogen-bond acceptors (Lipinski definition) is 3. The average molecular weight is 434 g/mol. The maximum atomic E-state index is 12.0. The van der Waals surface area contributed by atoms with E-state index in [1.165, 1.54) is 36.1 Å². The minimum absolute atomic E-state index is 0.123. The van der Waals surface area contributed by atoms with Gasteiger partial charge >= 0.3 is 6.18 Å². The molecule has 0 saturated carbocycles. The van der Waals surface area contributed by atoms with Gasteiger partial charge in [-0.3, -0.25) is 14.0 Å². The Bertz CT molecular complexity index is 943. The molecule has 0 saturated heterocycles. The van der Waals surface area contributed by atoms with Gasteiger partial charge in [0, 0.05) is 39.2 Å². The average Bonchev–Trinajstić information content (AvgIpc) is 3.20. The van der Waals surface area contributed by atoms with Crippen molar-refractivity contribution in [3.05, 3.63) is 51.9 Å². The summed E-state index contributed by atoms with van der Waals surface area (Å²) >= 11 is 0. The van der Waals surface area contributed by atoms with E-state index in [1.807, 2.05) is 18.7 Å². The predicted molar refractivity (Wildman–Crippen MR) is 103 cm³/mol. The minimum Gasteiger partial charge on any atom is -0.275 e. The molecule has 0 aliphatic rings. The molecule has 0 aliphatic heterocycles. The van der Waals surface area contributed by atoms with Crippen molar-refractivity contribution in [2.24, 2.45) is 21.1 Å². The van der Waals surface area contributed by atoms with E-state index >= 15 is 0 Å². The number of hydrogen-bond donors (Lipinski definition) is 0. The molecular formula is C19H27F5N6. The smallest absolute Gasteiger partial charge is 0.275 e. The van der Waals surface area contributed by atoms with Crippen LogP contribution in [0.25, 0.3) is 0 Å². The second-order valence-corrected chi connectivity index (χ2v) is 6.92. The second kappa shape index (κ2) is 9.86. The number of alkyl halides is 5. The van der Waals surface area contributed by atoms with Crippen LogP contribution in [0.15, 0.2) is 12.4 Å². The van der Waals surface area contributed by atoms with Crippen LogP contribution in [0.2, 0.25) is 0 Å². The zero-order valence-corrected chi connectivity index (χ0v) is 18.3. The van der Waals surface area contributed by atoms with E-state index in [0.717, 1.165) is 10.4 Å². The predicted octanol–water partition coefficient (Wildman–Crippen LogP) is 4.76. The molecule has 0 bridgehead atoms. The van der Waals surface area contributed by atoms with Crippen molar-refractivity contribution in [2.75, 3.05) is 0 Å². The van der Waals surface area contributed by atoms with Crippen LogP contribution < -0.4 is 0 Å². The Morgan fingerprint density at radius 1 is 0.800 bits per heavy atom. The SMILES string of the molecule is Cc1cn(C)nc1C(F)(F)F.Cc1cn(C)nc1C(F)F.Cc1nn(C)c(C)c1C. The van der Waals surface area contributed by atoms with Crippen molar-refractivity contribution in [3.63, 3.8) is 0 Å². The van der Waals surface area contributed by atoms with Crippen LogP contribution in [-0.4, -0.2) is 29.3 Å². The van der Waals surface area contributed by atoms with E-state index in [0.29, 0.717) is 5.56 Å². The standard InChI is InChI=1S/C7H12N2.C6H7F3N2.C6H8F2N2/c1-5-6(2)8-9(4)7(5)3;1-4-3-11(2)10-5(4)6(7,8)9;1-4-3-10(2)9-5(4)6(7)8/h1-4H3;3H,1-2H3;3,6H,1-2H3. The van der Waals surface area contributed by atoms with Crippen LogP contribution in [0.3, 0.4) is 0 Å². The summed E-state index contributed by atoms with van der Waals surface area (Å²) < 4.78 is 64.3. The maximum Gasteiger partial charge on any atom is 0.435 e. The highest BCUT2D eigenvalue weighted by Gasteiger charge is 2.35. The van der Waals surface area contributed by atoms with Crippen LogP contribution in [0.1, 0.15) is 45.9 Å². The van der Waals surface area contributed by atoms with Gasteiger partial charge in [0.2, 0.25) is 0 Å². The lowest BCUT2D eigenvalue weighted by atomic mass is 10.2. The summed E-state index contributed by atoms with van der Waals surface area (Å²) in [7, 11) is 5.05. The topological polar surface area (TPSA) is 53.5 Å². The first-order chi connectivity index (χ1) is 13.6. The minimum atomic E-state index is -4.33. The summed E-state index contributed by atoms with van der Waals surface area (Å²) in [6, 6.07) is 0. The van der Waals surface area contributed by atoms with Crippen molar-refractivity contribution in [2.45, 2.75) is 47.2 Å². The third-order valence-electron chi connectivity index (χ3n) is 4.41. The molecule has 3 aromatic rings. The maximum absolute atomic E-state index is 12.0. The first-order valence-corrected chi connectivity index (χ1v) is 8.97. The molecule has 3 aromatic heterocycles. The Morgan fingerprint density at radius 2 is 1.30 bits per heavy atom. The molecule has 11 heteroatoms. The molecule has 168 valence electrons. The van der Waals surface area contributed by atoms with E-state index in [-0.39, 0.29) is 11.3 Å². The third-order valence-corrected chi connectivity index (χ3v) is 4.41. The normalized spacial score (nSPS) is 11.1. The molecule has 0 amide bonds. The van der Waals surface area contributed by atoms with Crippen LogP contribution in [0.4, 0.5) is 22.0 Å². The van der Waals surface area contributed by atoms with Gasteiger partial charge in [0.15, 0.2) is 5.69 Å². The summed E-state index contributed by atoms with van der Waals surface area (Å²) in [5.41, 5.74) is 3.46. The van der Waals surface area contributed by atoms with E-state index < -0.39 is 18.3 Å². The first kappa shape index (κ1) is 25.3. The monoisotopic (exact) mass is 434 g/mol. The second-order valence-electron chi connectivity index (χ2n) is 6.92. The zero-order valence-electron chi connectivity index (χ0n) is 18.3. The molecule has 0 spiro atoms. The van der Waals surface area contributed by atoms with E-state index in [4.69, 9.17) is 0 Å². The lowest BCUT2D eigenvalue weighted by Gasteiger charge is -2.01. The van der Waals surface area contributed by atoms with Gasteiger partial charge in [-0.05, 0) is 51.3 Å². The van der Waals surface area contributed by atoms with Crippen molar-refractivity contribution in [3.8, 4) is 0 Å². The van der Waals surface area contributed by atoms with Crippen molar-refractivity contribution in [1.82, 2.24) is 29.3 Å². The number of aryl methyl sites for hydroxylation is 6. The Morgan fingerprint density at radius 3 is 1.47 bits per heavy atom. The molecule has 30 heavy (non-hydrogen) atoms. The van der Waals surface area contributed by atoms with Crippen LogP contribution in [0, 0.1) is 34.6 Å². The molecule has 0 N–H and O–H groups in total. The van der Waals surface area contributed by atoms with Crippen LogP contribution >= 0.6 is 0 Å². The van der Waals surface area contributed by atoms with Gasteiger partial charge in [-0.25, -0.2) is 8.78 Å². The molecule has 3 rings (SSSR count). The Kier molecular flexibility index (Phi) is 8.32. The lowest BCUT2D eigenvalue weighted by molar-refractivity contribution is -0.141. The van der Waals surface area contributed by atoms with Gasteiger partial charge < -0.3 is 0 Å². The summed E-state index contributed by atoms with van der Waals surface area (Å²) in [6.07, 6.45) is -3.88. The fourth-order valence-corrected chi connectivity index (χ4v) is 2.61. The third kappa shape index (κ3) is 6.67. The Hall–Kier alpha value is -2.72. The number of nitrogens with zero attached hydrogens (tertiary/aromatic N) is 6. The Labute approximate surface area is 172 Å². The summed E-state index contributed by atoms with van der Waals surface area (Å²) in [5.74, 6) is 0. The molecule has 0 fully saturated rings. The van der Waals surface area contributed by atoms with E-state index in [9.17, 15) is 22.0 Å². The molecular weight excluding hydrogens is 407 g/mol. The van der Waals surface area contributed by atoms with E-state index in [1.54, 1.807) is 20.2 Å². The van der Waals surface area contributed by atoms with Gasteiger partial charge in [0.1, 0.15) is 5.69 Å². The summed E-state index contributed by atoms with van der Waals surface area (Å²) in [6.45, 7) is 9.21. The van der Waals surface area contributed by atoms with Gasteiger partial charge in [0.25, 0.3) is 6.43 Å². The molecule has 0 unspecified atom stereocenters. The van der Waals surface area contributed by atoms with Crippen molar-refractivity contribution >= 4 is 0 Å². The van der Waals surface area contributed by atoms with Gasteiger partial charge in [-0.15, -0.1) is 0 Å². The number of halogens is 5. The zero-order chi connectivity index (χ0) is 23.4. The Balaban J connectivity index is 0.000000226. The van der Waals surface area contributed by atoms with Crippen LogP contribution in [-0.2, 0) is 27.3 Å². The van der Waals surface area contributed by atoms with Crippen molar-refractivity contribution < 1.29 is 22.0 Å². The highest BCUT2D eigenvalue weighted by atomic mass is 19.4. The molecule has 6 nitrogen and oxygen atoms in total. The van der Waals surface area contributed by atoms with Crippen LogP contribution in [0.5, 0.6) is 0 Å². The fourth-order valence-electron chi connectivity index (χ4n) is 2.61. The lowest BCUT2D eigenvalue weighted by Crippen LogP contribution is -2.08. The largest absolute Gasteiger partial charge is 0.435 e. The molecule has 0 atom stereocenters. The summed E-state index contributed by atoms with van der Waals surface area (Å²) in [5, 5.41) is 11.1. The number of aromatic nitrogens is 6.